The van der Waals surface area contributed by atoms with Crippen LogP contribution < -0.4 is 0 Å². The van der Waals surface area contributed by atoms with Gasteiger partial charge in [-0.25, -0.2) is 8.42 Å². The number of carbonyl (C=O) groups excluding carboxylic acids is 1. The molecule has 4 rings (SSSR count). The molecule has 0 bridgehead atoms. The second kappa shape index (κ2) is 14.4. The van der Waals surface area contributed by atoms with Crippen molar-refractivity contribution in [3.63, 3.8) is 0 Å². The third-order valence-electron chi connectivity index (χ3n) is 6.75. The number of sulfone groups is 1. The summed E-state index contributed by atoms with van der Waals surface area (Å²) in [5, 5.41) is 11.5. The Kier molecular flexibility index (Phi) is 10.7. The Labute approximate surface area is 247 Å². The third-order valence-corrected chi connectivity index (χ3v) is 8.77. The Bertz CT molecular complexity index is 1520. The van der Waals surface area contributed by atoms with Crippen molar-refractivity contribution in [3.05, 3.63) is 130 Å². The van der Waals surface area contributed by atoms with Crippen LogP contribution in [0.1, 0.15) is 35.3 Å². The van der Waals surface area contributed by atoms with Gasteiger partial charge in [0.2, 0.25) is 9.84 Å². The van der Waals surface area contributed by atoms with Crippen molar-refractivity contribution in [2.45, 2.75) is 42.2 Å². The predicted molar refractivity (Wildman–Crippen MR) is 161 cm³/mol. The zero-order valence-electron chi connectivity index (χ0n) is 22.9. The smallest absolute Gasteiger partial charge is 0.310 e. The van der Waals surface area contributed by atoms with Crippen LogP contribution in [0.5, 0.6) is 0 Å². The van der Waals surface area contributed by atoms with E-state index in [2.05, 4.69) is 17.0 Å². The number of hydrogen-bond acceptors (Lipinski definition) is 6. The first kappa shape index (κ1) is 30.5. The maximum absolute atomic E-state index is 13.2. The van der Waals surface area contributed by atoms with E-state index >= 15 is 0 Å². The lowest BCUT2D eigenvalue weighted by Gasteiger charge is -2.25. The highest BCUT2D eigenvalue weighted by Gasteiger charge is 2.19. The molecule has 1 atom stereocenters. The fourth-order valence-electron chi connectivity index (χ4n) is 4.56. The minimum atomic E-state index is -3.70. The monoisotopic (exact) mass is 591 g/mol. The summed E-state index contributed by atoms with van der Waals surface area (Å²) in [4.78, 5) is 14.3. The van der Waals surface area contributed by atoms with Crippen molar-refractivity contribution in [2.75, 3.05) is 19.7 Å². The normalized spacial score (nSPS) is 12.3. The minimum Gasteiger partial charge on any atom is -0.466 e. The Morgan fingerprint density at radius 1 is 0.854 bits per heavy atom. The lowest BCUT2D eigenvalue weighted by Crippen LogP contribution is -2.30. The minimum absolute atomic E-state index is 0.0975. The molecule has 1 N–H and O–H groups in total. The van der Waals surface area contributed by atoms with Crippen molar-refractivity contribution >= 4 is 27.4 Å². The highest BCUT2D eigenvalue weighted by molar-refractivity contribution is 7.91. The molecule has 214 valence electrons. The maximum Gasteiger partial charge on any atom is 0.310 e. The van der Waals surface area contributed by atoms with Crippen LogP contribution in [0.15, 0.2) is 113 Å². The van der Waals surface area contributed by atoms with Gasteiger partial charge in [0, 0.05) is 24.7 Å². The zero-order chi connectivity index (χ0) is 29.2. The highest BCUT2D eigenvalue weighted by atomic mass is 35.5. The van der Waals surface area contributed by atoms with Gasteiger partial charge in [0.1, 0.15) is 0 Å². The number of carbonyl (C=O) groups is 1. The lowest BCUT2D eigenvalue weighted by molar-refractivity contribution is -0.142. The lowest BCUT2D eigenvalue weighted by atomic mass is 10.1. The molecule has 8 heteroatoms. The van der Waals surface area contributed by atoms with E-state index in [-0.39, 0.29) is 22.2 Å². The van der Waals surface area contributed by atoms with Gasteiger partial charge in [-0.2, -0.15) is 0 Å². The van der Waals surface area contributed by atoms with E-state index < -0.39 is 15.9 Å². The molecule has 0 spiro atoms. The van der Waals surface area contributed by atoms with E-state index in [9.17, 15) is 18.3 Å². The molecule has 4 aromatic rings. The van der Waals surface area contributed by atoms with Gasteiger partial charge < -0.3 is 9.84 Å². The van der Waals surface area contributed by atoms with Crippen LogP contribution in [0.25, 0.3) is 0 Å². The first-order valence-corrected chi connectivity index (χ1v) is 15.4. The Morgan fingerprint density at radius 3 is 2.10 bits per heavy atom. The molecule has 0 heterocycles. The van der Waals surface area contributed by atoms with Gasteiger partial charge in [0.05, 0.1) is 28.9 Å². The van der Waals surface area contributed by atoms with Crippen LogP contribution in [0.2, 0.25) is 5.02 Å². The van der Waals surface area contributed by atoms with Gasteiger partial charge in [0.15, 0.2) is 0 Å². The summed E-state index contributed by atoms with van der Waals surface area (Å²) in [5.41, 5.74) is 3.59. The van der Waals surface area contributed by atoms with Crippen molar-refractivity contribution < 1.29 is 23.1 Å². The summed E-state index contributed by atoms with van der Waals surface area (Å²) in [6, 6.07) is 30.5. The molecule has 41 heavy (non-hydrogen) atoms. The number of benzene rings is 4. The summed E-state index contributed by atoms with van der Waals surface area (Å²) in [7, 11) is -3.70. The summed E-state index contributed by atoms with van der Waals surface area (Å²) in [5.74, 6) is -0.347. The van der Waals surface area contributed by atoms with Crippen LogP contribution in [0.3, 0.4) is 0 Å². The first-order valence-electron chi connectivity index (χ1n) is 13.5. The van der Waals surface area contributed by atoms with Gasteiger partial charge in [-0.1, -0.05) is 78.3 Å². The van der Waals surface area contributed by atoms with Crippen LogP contribution in [0.4, 0.5) is 0 Å². The summed E-state index contributed by atoms with van der Waals surface area (Å²) in [6.07, 6.45) is 0.0757. The third kappa shape index (κ3) is 8.75. The molecule has 0 radical (unpaired) electrons. The average Bonchev–Trinajstić information content (AvgIpc) is 2.97. The molecule has 0 aliphatic rings. The molecule has 0 amide bonds. The highest BCUT2D eigenvalue weighted by Crippen LogP contribution is 2.23. The molecular formula is C33H34ClNO5S. The molecular weight excluding hydrogens is 558 g/mol. The standard InChI is InChI=1S/C33H34ClNO5S/c1-2-40-33(37)21-26-13-17-31(18-14-26)41(38,39)30-15-11-25(12-16-30)19-20-35(23-27-7-4-3-5-8-27)24-32(36)28-9-6-10-29(34)22-28/h3-18,22,32,36H,2,19-21,23-24H2,1H3/t32-/m0/s1. The molecule has 0 unspecified atom stereocenters. The molecule has 6 nitrogen and oxygen atoms in total. The van der Waals surface area contributed by atoms with Crippen LogP contribution >= 0.6 is 11.6 Å². The molecule has 0 saturated heterocycles. The van der Waals surface area contributed by atoms with Crippen molar-refractivity contribution in [3.8, 4) is 0 Å². The predicted octanol–water partition coefficient (Wildman–Crippen LogP) is 6.06. The molecule has 0 aromatic heterocycles. The van der Waals surface area contributed by atoms with Gasteiger partial charge in [-0.05, 0) is 72.0 Å². The van der Waals surface area contributed by atoms with Crippen molar-refractivity contribution in [2.24, 2.45) is 0 Å². The number of rotatable bonds is 13. The van der Waals surface area contributed by atoms with E-state index in [1.165, 1.54) is 12.1 Å². The zero-order valence-corrected chi connectivity index (χ0v) is 24.5. The number of halogens is 1. The first-order chi connectivity index (χ1) is 19.7. The summed E-state index contributed by atoms with van der Waals surface area (Å²) >= 11 is 6.13. The summed E-state index contributed by atoms with van der Waals surface area (Å²) < 4.78 is 31.3. The topological polar surface area (TPSA) is 83.9 Å². The number of esters is 1. The molecule has 4 aromatic carbocycles. The van der Waals surface area contributed by atoms with Crippen molar-refractivity contribution in [1.82, 2.24) is 4.90 Å². The summed E-state index contributed by atoms with van der Waals surface area (Å²) in [6.45, 7) is 3.80. The van der Waals surface area contributed by atoms with Crippen LogP contribution in [-0.4, -0.2) is 44.1 Å². The van der Waals surface area contributed by atoms with Crippen LogP contribution in [0, 0.1) is 0 Å². The van der Waals surface area contributed by atoms with E-state index in [4.69, 9.17) is 16.3 Å². The largest absolute Gasteiger partial charge is 0.466 e. The maximum atomic E-state index is 13.2. The Morgan fingerprint density at radius 2 is 1.49 bits per heavy atom. The molecule has 0 aliphatic heterocycles. The second-order valence-electron chi connectivity index (χ2n) is 9.81. The van der Waals surface area contributed by atoms with Crippen molar-refractivity contribution in [1.29, 1.82) is 0 Å². The van der Waals surface area contributed by atoms with Gasteiger partial charge in [-0.15, -0.1) is 0 Å². The number of ether oxygens (including phenoxy) is 1. The van der Waals surface area contributed by atoms with E-state index in [0.29, 0.717) is 43.2 Å². The Balaban J connectivity index is 1.42. The van der Waals surface area contributed by atoms with Gasteiger partial charge in [-0.3, -0.25) is 9.69 Å². The second-order valence-corrected chi connectivity index (χ2v) is 12.2. The molecule has 0 saturated carbocycles. The Hall–Kier alpha value is -3.49. The number of hydrogen-bond donors (Lipinski definition) is 1. The van der Waals surface area contributed by atoms with Gasteiger partial charge >= 0.3 is 5.97 Å². The number of aliphatic hydroxyl groups is 1. The number of nitrogens with zero attached hydrogens (tertiary/aromatic N) is 1. The molecule has 0 fully saturated rings. The average molecular weight is 592 g/mol. The molecule has 0 aliphatic carbocycles. The fraction of sp³-hybridized carbons (Fsp3) is 0.242. The quantitative estimate of drug-likeness (QED) is 0.190. The van der Waals surface area contributed by atoms with Gasteiger partial charge in [0.25, 0.3) is 0 Å². The fourth-order valence-corrected chi connectivity index (χ4v) is 6.02. The van der Waals surface area contributed by atoms with E-state index in [0.717, 1.165) is 16.7 Å². The van der Waals surface area contributed by atoms with E-state index in [1.54, 1.807) is 43.3 Å². The van der Waals surface area contributed by atoms with E-state index in [1.807, 2.05) is 42.5 Å². The number of aliphatic hydroxyl groups excluding tert-OH is 1. The van der Waals surface area contributed by atoms with Crippen LogP contribution in [-0.2, 0) is 38.8 Å². The SMILES string of the molecule is CCOC(=O)Cc1ccc(S(=O)(=O)c2ccc(CCN(Cc3ccccc3)C[C@H](O)c3cccc(Cl)c3)cc2)cc1.